The van der Waals surface area contributed by atoms with E-state index in [2.05, 4.69) is 0 Å². The molecule has 4 aliphatic carbocycles. The van der Waals surface area contributed by atoms with E-state index in [9.17, 15) is 52.7 Å². The first-order valence-electron chi connectivity index (χ1n) is 10.6. The maximum atomic E-state index is 14.4. The Morgan fingerprint density at radius 1 is 0.471 bits per heavy atom. The molecule has 2 saturated carbocycles. The molecule has 8 atom stereocenters. The Balaban J connectivity index is 1.61. The van der Waals surface area contributed by atoms with E-state index in [1.54, 1.807) is 0 Å². The molecule has 0 aromatic heterocycles. The van der Waals surface area contributed by atoms with Crippen LogP contribution in [0.15, 0.2) is 24.3 Å². The summed E-state index contributed by atoms with van der Waals surface area (Å²) in [5.74, 6) is -8.90. The van der Waals surface area contributed by atoms with E-state index in [4.69, 9.17) is 0 Å². The first-order valence-corrected chi connectivity index (χ1v) is 10.6. The highest BCUT2D eigenvalue weighted by Crippen LogP contribution is 2.76. The predicted molar refractivity (Wildman–Crippen MR) is 89.4 cm³/mol. The van der Waals surface area contributed by atoms with Gasteiger partial charge in [0.15, 0.2) is 0 Å². The first-order chi connectivity index (χ1) is 15.4. The minimum atomic E-state index is -6.16. The molecule has 6 aliphatic rings. The zero-order valence-electron chi connectivity index (χ0n) is 16.8. The van der Waals surface area contributed by atoms with Crippen LogP contribution in [0.5, 0.6) is 0 Å². The fourth-order valence-electron chi connectivity index (χ4n) is 8.21. The van der Waals surface area contributed by atoms with Gasteiger partial charge in [-0.3, -0.25) is 0 Å². The standard InChI is InChI=1S/C20H16F12N2/c21-17(22,23)15(18(24,25)26)11-7-1-3-9(5-7)13(11)33(15)34-14-10-4-2-8(6-10)12(14)16(34,19(27,28)29)20(30,31)32/h1-4,7-14H,5-6H2/t7-,8-,9+,10+,11+,12+,13-,14-/m0/s1. The van der Waals surface area contributed by atoms with Crippen molar-refractivity contribution in [2.24, 2.45) is 35.5 Å². The molecular formula is C20H16F12N2. The molecule has 14 heteroatoms. The van der Waals surface area contributed by atoms with Crippen LogP contribution in [0.3, 0.4) is 0 Å². The van der Waals surface area contributed by atoms with Crippen molar-refractivity contribution >= 4 is 0 Å². The Bertz CT molecular complexity index is 866. The number of halogens is 12. The highest BCUT2D eigenvalue weighted by Gasteiger charge is 2.96. The number of hydrogen-bond acceptors (Lipinski definition) is 2. The van der Waals surface area contributed by atoms with Crippen molar-refractivity contribution in [3.63, 3.8) is 0 Å². The molecule has 190 valence electrons. The monoisotopic (exact) mass is 512 g/mol. The first kappa shape index (κ1) is 23.0. The summed E-state index contributed by atoms with van der Waals surface area (Å²) in [4.78, 5) is 0. The van der Waals surface area contributed by atoms with Crippen molar-refractivity contribution in [1.29, 1.82) is 0 Å². The third-order valence-corrected chi connectivity index (χ3v) is 9.05. The van der Waals surface area contributed by atoms with Crippen LogP contribution in [-0.2, 0) is 0 Å². The Kier molecular flexibility index (Phi) is 4.00. The van der Waals surface area contributed by atoms with Gasteiger partial charge in [0.25, 0.3) is 0 Å². The second-order valence-electron chi connectivity index (χ2n) is 10.1. The SMILES string of the molecule is FC(F)(F)C1(C(F)(F)F)[C@H]2[C@H]([C@@H]3C=C[C@H]2C3)N1N1[C@@H]2[C@@H]([C@H]3C=C[C@@H]2C3)C1(C(F)(F)F)C(F)(F)F. The number of allylic oxidation sites excluding steroid dienone is 2. The highest BCUT2D eigenvalue weighted by molar-refractivity contribution is 5.38. The van der Waals surface area contributed by atoms with Crippen LogP contribution in [0.4, 0.5) is 52.7 Å². The van der Waals surface area contributed by atoms with E-state index in [1.165, 1.54) is 12.2 Å². The van der Waals surface area contributed by atoms with Crippen molar-refractivity contribution in [2.45, 2.75) is 60.7 Å². The lowest BCUT2D eigenvalue weighted by Crippen LogP contribution is -2.97. The van der Waals surface area contributed by atoms with Crippen LogP contribution in [0, 0.1) is 35.5 Å². The lowest BCUT2D eigenvalue weighted by molar-refractivity contribution is -0.521. The molecular weight excluding hydrogens is 496 g/mol. The third-order valence-electron chi connectivity index (χ3n) is 9.05. The minimum absolute atomic E-state index is 0.182. The van der Waals surface area contributed by atoms with E-state index in [0.29, 0.717) is 0 Å². The van der Waals surface area contributed by atoms with E-state index >= 15 is 0 Å². The maximum Gasteiger partial charge on any atom is 0.417 e. The summed E-state index contributed by atoms with van der Waals surface area (Å²) in [6, 6.07) is -3.52. The third kappa shape index (κ3) is 2.11. The smallest absolute Gasteiger partial charge is 0.213 e. The van der Waals surface area contributed by atoms with Gasteiger partial charge in [-0.25, -0.2) is 10.0 Å². The molecule has 0 spiro atoms. The lowest BCUT2D eigenvalue weighted by atomic mass is 9.59. The summed E-state index contributed by atoms with van der Waals surface area (Å²) in [6.45, 7) is 0. The van der Waals surface area contributed by atoms with Crippen molar-refractivity contribution in [2.75, 3.05) is 0 Å². The van der Waals surface area contributed by atoms with E-state index in [-0.39, 0.29) is 12.8 Å². The zero-order chi connectivity index (χ0) is 25.0. The van der Waals surface area contributed by atoms with Gasteiger partial charge in [-0.05, 0) is 36.5 Å². The van der Waals surface area contributed by atoms with Crippen molar-refractivity contribution in [3.8, 4) is 0 Å². The van der Waals surface area contributed by atoms with Gasteiger partial charge in [0.05, 0.1) is 0 Å². The van der Waals surface area contributed by atoms with Gasteiger partial charge in [-0.1, -0.05) is 24.3 Å². The number of rotatable bonds is 1. The Hall–Kier alpha value is -1.44. The Labute approximate surface area is 184 Å². The number of fused-ring (bicyclic) bond motifs is 10. The van der Waals surface area contributed by atoms with Gasteiger partial charge in [-0.2, -0.15) is 52.7 Å². The second kappa shape index (κ2) is 5.92. The topological polar surface area (TPSA) is 6.48 Å². The molecule has 0 amide bonds. The zero-order valence-corrected chi connectivity index (χ0v) is 16.8. The van der Waals surface area contributed by atoms with E-state index < -0.39 is 93.4 Å². The molecule has 2 saturated heterocycles. The fraction of sp³-hybridized carbons (Fsp3) is 0.800. The average molecular weight is 512 g/mol. The van der Waals surface area contributed by atoms with E-state index in [0.717, 1.165) is 12.2 Å². The van der Waals surface area contributed by atoms with Crippen LogP contribution in [-0.4, -0.2) is 57.9 Å². The molecule has 0 aromatic carbocycles. The van der Waals surface area contributed by atoms with Crippen molar-refractivity contribution in [1.82, 2.24) is 10.0 Å². The summed E-state index contributed by atoms with van der Waals surface area (Å²) in [5, 5.41) is -1.13. The quantitative estimate of drug-likeness (QED) is 0.332. The Morgan fingerprint density at radius 3 is 1.00 bits per heavy atom. The molecule has 4 fully saturated rings. The van der Waals surface area contributed by atoms with Gasteiger partial charge >= 0.3 is 24.7 Å². The normalized spacial score (nSPS) is 44.2. The number of nitrogens with zero attached hydrogens (tertiary/aromatic N) is 2. The predicted octanol–water partition coefficient (Wildman–Crippen LogP) is 5.64. The Morgan fingerprint density at radius 2 is 0.735 bits per heavy atom. The van der Waals surface area contributed by atoms with Crippen LogP contribution in [0.2, 0.25) is 0 Å². The molecule has 34 heavy (non-hydrogen) atoms. The molecule has 4 bridgehead atoms. The van der Waals surface area contributed by atoms with Crippen LogP contribution in [0.1, 0.15) is 12.8 Å². The maximum absolute atomic E-state index is 14.4. The molecule has 0 aromatic rings. The summed E-state index contributed by atoms with van der Waals surface area (Å²) in [5.41, 5.74) is -9.68. The molecule has 2 nitrogen and oxygen atoms in total. The van der Waals surface area contributed by atoms with Gasteiger partial charge in [-0.15, -0.1) is 0 Å². The highest BCUT2D eigenvalue weighted by atomic mass is 19.4. The van der Waals surface area contributed by atoms with Crippen molar-refractivity contribution < 1.29 is 52.7 Å². The number of alkyl halides is 12. The lowest BCUT2D eigenvalue weighted by Gasteiger charge is -2.75. The van der Waals surface area contributed by atoms with Gasteiger partial charge in [0.1, 0.15) is 0 Å². The summed E-state index contributed by atoms with van der Waals surface area (Å²) in [6.07, 6.45) is -20.1. The van der Waals surface area contributed by atoms with Gasteiger partial charge in [0, 0.05) is 23.9 Å². The molecule has 0 radical (unpaired) electrons. The molecule has 2 heterocycles. The van der Waals surface area contributed by atoms with Crippen LogP contribution < -0.4 is 0 Å². The molecule has 6 rings (SSSR count). The molecule has 0 unspecified atom stereocenters. The average Bonchev–Trinajstić information content (AvgIpc) is 3.31. The summed E-state index contributed by atoms with van der Waals surface area (Å²) >= 11 is 0. The molecule has 0 N–H and O–H groups in total. The second-order valence-corrected chi connectivity index (χ2v) is 10.1. The minimum Gasteiger partial charge on any atom is -0.213 e. The van der Waals surface area contributed by atoms with Crippen molar-refractivity contribution in [3.05, 3.63) is 24.3 Å². The molecule has 2 aliphatic heterocycles. The van der Waals surface area contributed by atoms with Crippen LogP contribution >= 0.6 is 0 Å². The van der Waals surface area contributed by atoms with Crippen LogP contribution in [0.25, 0.3) is 0 Å². The summed E-state index contributed by atoms with van der Waals surface area (Å²) < 4.78 is 172. The summed E-state index contributed by atoms with van der Waals surface area (Å²) in [7, 11) is 0. The number of hydrogen-bond donors (Lipinski definition) is 0. The van der Waals surface area contributed by atoms with Gasteiger partial charge < -0.3 is 0 Å². The fourth-order valence-corrected chi connectivity index (χ4v) is 8.21. The largest absolute Gasteiger partial charge is 0.417 e. The van der Waals surface area contributed by atoms with E-state index in [1.807, 2.05) is 0 Å². The van der Waals surface area contributed by atoms with Gasteiger partial charge in [0.2, 0.25) is 11.1 Å². The number of hydrazine groups is 1.